The summed E-state index contributed by atoms with van der Waals surface area (Å²) in [6, 6.07) is 3.28. The van der Waals surface area contributed by atoms with Crippen LogP contribution in [0.4, 0.5) is 9.59 Å². The Bertz CT molecular complexity index is 868. The van der Waals surface area contributed by atoms with Crippen LogP contribution in [0.1, 0.15) is 47.1 Å². The maximum absolute atomic E-state index is 12.3. The van der Waals surface area contributed by atoms with Gasteiger partial charge in [0.2, 0.25) is 0 Å². The lowest BCUT2D eigenvalue weighted by molar-refractivity contribution is -0.157. The first-order valence-corrected chi connectivity index (χ1v) is 11.3. The molecule has 0 radical (unpaired) electrons. The minimum Gasteiger partial charge on any atom is -0.462 e. The molecule has 0 heterocycles. The first-order valence-electron chi connectivity index (χ1n) is 11.3. The molecule has 1 rings (SSSR count). The zero-order valence-electron chi connectivity index (χ0n) is 21.0. The third kappa shape index (κ3) is 12.6. The number of esters is 2. The molecular formula is C24H35NO10. The molecule has 0 aliphatic carbocycles. The molecule has 1 aromatic carbocycles. The summed E-state index contributed by atoms with van der Waals surface area (Å²) in [5, 5.41) is 0. The molecule has 196 valence electrons. The van der Waals surface area contributed by atoms with E-state index in [2.05, 4.69) is 0 Å². The zero-order chi connectivity index (χ0) is 26.5. The Kier molecular flexibility index (Phi) is 12.6. The molecule has 11 heteroatoms. The number of carbonyl (C=O) groups is 4. The van der Waals surface area contributed by atoms with Crippen LogP contribution >= 0.6 is 0 Å². The fourth-order valence-electron chi connectivity index (χ4n) is 2.44. The van der Waals surface area contributed by atoms with Crippen molar-refractivity contribution >= 4 is 24.2 Å². The predicted molar refractivity (Wildman–Crippen MR) is 124 cm³/mol. The van der Waals surface area contributed by atoms with Gasteiger partial charge in [0.25, 0.3) is 0 Å². The molecule has 0 saturated carbocycles. The van der Waals surface area contributed by atoms with E-state index >= 15 is 0 Å². The van der Waals surface area contributed by atoms with Gasteiger partial charge < -0.3 is 34.2 Å². The second kappa shape index (κ2) is 14.8. The van der Waals surface area contributed by atoms with Crippen LogP contribution < -0.4 is 15.2 Å². The van der Waals surface area contributed by atoms with Crippen molar-refractivity contribution in [3.8, 4) is 11.5 Å². The molecule has 0 aliphatic heterocycles. The van der Waals surface area contributed by atoms with E-state index in [0.29, 0.717) is 5.56 Å². The Morgan fingerprint density at radius 2 is 1.34 bits per heavy atom. The van der Waals surface area contributed by atoms with E-state index in [1.54, 1.807) is 13.0 Å². The summed E-state index contributed by atoms with van der Waals surface area (Å²) < 4.78 is 30.4. The molecule has 0 saturated heterocycles. The topological polar surface area (TPSA) is 150 Å². The minimum atomic E-state index is -1.06. The number of hydrogen-bond acceptors (Lipinski definition) is 11. The van der Waals surface area contributed by atoms with Crippen LogP contribution in [0.25, 0.3) is 0 Å². The smallest absolute Gasteiger partial charge is 0.462 e. The molecular weight excluding hydrogens is 462 g/mol. The maximum Gasteiger partial charge on any atom is 0.513 e. The number of ether oxygens (including phenoxy) is 6. The largest absolute Gasteiger partial charge is 0.513 e. The van der Waals surface area contributed by atoms with Crippen molar-refractivity contribution < 1.29 is 47.6 Å². The standard InChI is InChI=1S/C24H35NO10/c1-14(2)11-31-23(28)34-20-8-7-18(10-21(20)35-24(29)32-12-15(3)4)9-19(25)22(27)33-16(5)13-30-17(6)26/h7-8,10,14-16,19H,9,11-13,25H2,1-6H3/t16-,19-/m0/s1. The fourth-order valence-corrected chi connectivity index (χ4v) is 2.44. The lowest BCUT2D eigenvalue weighted by Crippen LogP contribution is -2.37. The number of benzene rings is 1. The van der Waals surface area contributed by atoms with Gasteiger partial charge in [-0.2, -0.15) is 0 Å². The van der Waals surface area contributed by atoms with Gasteiger partial charge in [-0.05, 0) is 42.9 Å². The second-order valence-electron chi connectivity index (χ2n) is 8.76. The average Bonchev–Trinajstić information content (AvgIpc) is 2.76. The first kappa shape index (κ1) is 29.7. The van der Waals surface area contributed by atoms with E-state index < -0.39 is 36.4 Å². The van der Waals surface area contributed by atoms with E-state index in [4.69, 9.17) is 34.2 Å². The van der Waals surface area contributed by atoms with E-state index in [-0.39, 0.29) is 49.6 Å². The van der Waals surface area contributed by atoms with Crippen LogP contribution in [0, 0.1) is 11.8 Å². The molecule has 2 atom stereocenters. The van der Waals surface area contributed by atoms with Gasteiger partial charge in [-0.1, -0.05) is 33.8 Å². The highest BCUT2D eigenvalue weighted by atomic mass is 16.7. The first-order chi connectivity index (χ1) is 16.4. The lowest BCUT2D eigenvalue weighted by Gasteiger charge is -2.17. The van der Waals surface area contributed by atoms with Crippen molar-refractivity contribution in [2.45, 2.75) is 60.1 Å². The third-order valence-electron chi connectivity index (χ3n) is 4.06. The molecule has 11 nitrogen and oxygen atoms in total. The van der Waals surface area contributed by atoms with Crippen LogP contribution in [0.15, 0.2) is 18.2 Å². The van der Waals surface area contributed by atoms with Crippen LogP contribution in [-0.4, -0.2) is 56.2 Å². The van der Waals surface area contributed by atoms with Gasteiger partial charge in [0.1, 0.15) is 18.8 Å². The molecule has 0 aliphatic rings. The summed E-state index contributed by atoms with van der Waals surface area (Å²) in [6.07, 6.45) is -2.61. The maximum atomic E-state index is 12.3. The molecule has 2 N–H and O–H groups in total. The Morgan fingerprint density at radius 3 is 1.86 bits per heavy atom. The molecule has 0 bridgehead atoms. The third-order valence-corrected chi connectivity index (χ3v) is 4.06. The number of hydrogen-bond donors (Lipinski definition) is 1. The van der Waals surface area contributed by atoms with E-state index in [1.165, 1.54) is 19.1 Å². The SMILES string of the molecule is CC(=O)OC[C@H](C)OC(=O)[C@@H](N)Cc1ccc(OC(=O)OCC(C)C)c(OC(=O)OCC(C)C)c1. The Labute approximate surface area is 205 Å². The van der Waals surface area contributed by atoms with Crippen molar-refractivity contribution in [2.24, 2.45) is 17.6 Å². The van der Waals surface area contributed by atoms with Gasteiger partial charge in [-0.25, -0.2) is 9.59 Å². The predicted octanol–water partition coefficient (Wildman–Crippen LogP) is 3.39. The molecule has 0 aromatic heterocycles. The van der Waals surface area contributed by atoms with Gasteiger partial charge in [-0.3, -0.25) is 9.59 Å². The average molecular weight is 498 g/mol. The van der Waals surface area contributed by atoms with Crippen molar-refractivity contribution in [1.82, 2.24) is 0 Å². The van der Waals surface area contributed by atoms with Gasteiger partial charge >= 0.3 is 24.2 Å². The highest BCUT2D eigenvalue weighted by molar-refractivity contribution is 5.76. The Hall–Kier alpha value is -3.34. The van der Waals surface area contributed by atoms with Gasteiger partial charge in [-0.15, -0.1) is 0 Å². The highest BCUT2D eigenvalue weighted by Crippen LogP contribution is 2.30. The van der Waals surface area contributed by atoms with Crippen LogP contribution in [-0.2, 0) is 35.0 Å². The van der Waals surface area contributed by atoms with Crippen LogP contribution in [0.5, 0.6) is 11.5 Å². The van der Waals surface area contributed by atoms with Gasteiger partial charge in [0.15, 0.2) is 11.5 Å². The molecule has 1 aromatic rings. The zero-order valence-corrected chi connectivity index (χ0v) is 21.0. The second-order valence-corrected chi connectivity index (χ2v) is 8.76. The van der Waals surface area contributed by atoms with Crippen molar-refractivity contribution in [2.75, 3.05) is 19.8 Å². The summed E-state index contributed by atoms with van der Waals surface area (Å²) in [5.41, 5.74) is 6.45. The molecule has 35 heavy (non-hydrogen) atoms. The molecule has 0 spiro atoms. The number of rotatable bonds is 12. The summed E-state index contributed by atoms with van der Waals surface area (Å²) in [7, 11) is 0. The highest BCUT2D eigenvalue weighted by Gasteiger charge is 2.22. The molecule has 0 amide bonds. The van der Waals surface area contributed by atoms with E-state index in [1.807, 2.05) is 27.7 Å². The fraction of sp³-hybridized carbons (Fsp3) is 0.583. The normalized spacial score (nSPS) is 12.5. The Morgan fingerprint density at radius 1 is 0.800 bits per heavy atom. The summed E-state index contributed by atoms with van der Waals surface area (Å²) >= 11 is 0. The minimum absolute atomic E-state index is 0.0224. The van der Waals surface area contributed by atoms with Crippen molar-refractivity contribution in [1.29, 1.82) is 0 Å². The van der Waals surface area contributed by atoms with Crippen molar-refractivity contribution in [3.05, 3.63) is 23.8 Å². The molecule has 0 unspecified atom stereocenters. The lowest BCUT2D eigenvalue weighted by atomic mass is 10.1. The van der Waals surface area contributed by atoms with Crippen LogP contribution in [0.3, 0.4) is 0 Å². The summed E-state index contributed by atoms with van der Waals surface area (Å²) in [4.78, 5) is 47.2. The number of carbonyl (C=O) groups excluding carboxylic acids is 4. The molecule has 0 fully saturated rings. The van der Waals surface area contributed by atoms with Crippen molar-refractivity contribution in [3.63, 3.8) is 0 Å². The van der Waals surface area contributed by atoms with Crippen LogP contribution in [0.2, 0.25) is 0 Å². The van der Waals surface area contributed by atoms with Gasteiger partial charge in [0.05, 0.1) is 13.2 Å². The number of nitrogens with two attached hydrogens (primary N) is 1. The Balaban J connectivity index is 2.93. The van der Waals surface area contributed by atoms with E-state index in [0.717, 1.165) is 0 Å². The van der Waals surface area contributed by atoms with Gasteiger partial charge in [0, 0.05) is 6.92 Å². The summed E-state index contributed by atoms with van der Waals surface area (Å²) in [6.45, 7) is 10.5. The monoisotopic (exact) mass is 497 g/mol. The van der Waals surface area contributed by atoms with E-state index in [9.17, 15) is 19.2 Å². The quantitative estimate of drug-likeness (QED) is 0.257. The summed E-state index contributed by atoms with van der Waals surface area (Å²) in [5.74, 6) is -1.20.